The largest absolute Gasteiger partial charge is 0.312 e. The maximum Gasteiger partial charge on any atom is 0.0961 e. The summed E-state index contributed by atoms with van der Waals surface area (Å²) in [7, 11) is 2.00. The van der Waals surface area contributed by atoms with Gasteiger partial charge in [0, 0.05) is 18.0 Å². The minimum absolute atomic E-state index is 0.314. The van der Waals surface area contributed by atoms with Crippen molar-refractivity contribution in [2.24, 2.45) is 0 Å². The zero-order valence-corrected chi connectivity index (χ0v) is 14.2. The summed E-state index contributed by atoms with van der Waals surface area (Å²) in [5, 5.41) is 5.05. The predicted molar refractivity (Wildman–Crippen MR) is 92.3 cm³/mol. The monoisotopic (exact) mass is 320 g/mol. The Kier molecular flexibility index (Phi) is 6.09. The van der Waals surface area contributed by atoms with Gasteiger partial charge in [-0.15, -0.1) is 11.8 Å². The van der Waals surface area contributed by atoms with Crippen LogP contribution in [0.1, 0.15) is 36.9 Å². The van der Waals surface area contributed by atoms with E-state index in [9.17, 15) is 0 Å². The average Bonchev–Trinajstić information content (AvgIpc) is 2.50. The third-order valence-electron chi connectivity index (χ3n) is 3.45. The zero-order valence-electron chi connectivity index (χ0n) is 12.6. The molecular weight excluding hydrogens is 300 g/mol. The van der Waals surface area contributed by atoms with Crippen molar-refractivity contribution in [2.75, 3.05) is 12.8 Å². The summed E-state index contributed by atoms with van der Waals surface area (Å²) in [6.07, 6.45) is 1.69. The van der Waals surface area contributed by atoms with Crippen molar-refractivity contribution in [3.63, 3.8) is 0 Å². The molecule has 112 valence electrons. The number of hydrogen-bond donors (Lipinski definition) is 1. The summed E-state index contributed by atoms with van der Waals surface area (Å²) >= 11 is 7.59. The van der Waals surface area contributed by atoms with Gasteiger partial charge in [0.2, 0.25) is 0 Å². The summed E-state index contributed by atoms with van der Waals surface area (Å²) < 4.78 is 0. The summed E-state index contributed by atoms with van der Waals surface area (Å²) in [6.45, 7) is 4.43. The molecule has 1 heterocycles. The maximum atomic E-state index is 5.85. The van der Waals surface area contributed by atoms with Gasteiger partial charge in [-0.25, -0.2) is 4.98 Å². The van der Waals surface area contributed by atoms with Crippen LogP contribution in [0.5, 0.6) is 0 Å². The third-order valence-corrected chi connectivity index (χ3v) is 4.71. The van der Waals surface area contributed by atoms with Crippen LogP contribution in [0, 0.1) is 0 Å². The summed E-state index contributed by atoms with van der Waals surface area (Å²) in [4.78, 5) is 4.32. The van der Waals surface area contributed by atoms with Gasteiger partial charge >= 0.3 is 0 Å². The molecule has 0 spiro atoms. The van der Waals surface area contributed by atoms with E-state index in [1.165, 1.54) is 11.1 Å². The Morgan fingerprint density at radius 2 is 1.76 bits per heavy atom. The fourth-order valence-corrected chi connectivity index (χ4v) is 3.18. The second-order valence-electron chi connectivity index (χ2n) is 5.29. The lowest BCUT2D eigenvalue weighted by Gasteiger charge is -2.17. The SMILES string of the molecule is CNC(CSc1ccc(Cl)cn1)c1ccc(C(C)C)cc1. The number of hydrogen-bond acceptors (Lipinski definition) is 3. The number of rotatable bonds is 6. The van der Waals surface area contributed by atoms with E-state index in [0.29, 0.717) is 17.0 Å². The van der Waals surface area contributed by atoms with Crippen LogP contribution in [0.3, 0.4) is 0 Å². The predicted octanol–water partition coefficient (Wildman–Crippen LogP) is 4.91. The van der Waals surface area contributed by atoms with E-state index < -0.39 is 0 Å². The van der Waals surface area contributed by atoms with Crippen LogP contribution in [0.2, 0.25) is 5.02 Å². The molecule has 0 fully saturated rings. The number of nitrogens with zero attached hydrogens (tertiary/aromatic N) is 1. The van der Waals surface area contributed by atoms with E-state index in [1.54, 1.807) is 18.0 Å². The van der Waals surface area contributed by atoms with Gasteiger partial charge in [0.1, 0.15) is 0 Å². The average molecular weight is 321 g/mol. The molecular formula is C17H21ClN2S. The van der Waals surface area contributed by atoms with Crippen molar-refractivity contribution in [1.29, 1.82) is 0 Å². The van der Waals surface area contributed by atoms with Crippen molar-refractivity contribution in [3.05, 3.63) is 58.7 Å². The normalized spacial score (nSPS) is 12.6. The molecule has 2 rings (SSSR count). The molecule has 1 aromatic heterocycles. The minimum atomic E-state index is 0.314. The standard InChI is InChI=1S/C17H21ClN2S/c1-12(2)13-4-6-14(7-5-13)16(19-3)11-21-17-9-8-15(18)10-20-17/h4-10,12,16,19H,11H2,1-3H3. The zero-order chi connectivity index (χ0) is 15.2. The fraction of sp³-hybridized carbons (Fsp3) is 0.353. The number of nitrogens with one attached hydrogen (secondary N) is 1. The molecule has 0 radical (unpaired) electrons. The Morgan fingerprint density at radius 1 is 1.10 bits per heavy atom. The molecule has 0 amide bonds. The van der Waals surface area contributed by atoms with Gasteiger partial charge in [-0.1, -0.05) is 49.7 Å². The highest BCUT2D eigenvalue weighted by Crippen LogP contribution is 2.25. The topological polar surface area (TPSA) is 24.9 Å². The lowest BCUT2D eigenvalue weighted by Crippen LogP contribution is -2.18. The first-order valence-electron chi connectivity index (χ1n) is 7.11. The van der Waals surface area contributed by atoms with E-state index >= 15 is 0 Å². The number of benzene rings is 1. The van der Waals surface area contributed by atoms with E-state index in [1.807, 2.05) is 19.2 Å². The highest BCUT2D eigenvalue weighted by molar-refractivity contribution is 7.99. The van der Waals surface area contributed by atoms with Crippen LogP contribution in [-0.4, -0.2) is 17.8 Å². The summed E-state index contributed by atoms with van der Waals surface area (Å²) in [6, 6.07) is 13.0. The molecule has 0 aliphatic rings. The smallest absolute Gasteiger partial charge is 0.0961 e. The fourth-order valence-electron chi connectivity index (χ4n) is 2.08. The van der Waals surface area contributed by atoms with Crippen LogP contribution >= 0.6 is 23.4 Å². The molecule has 0 aliphatic heterocycles. The lowest BCUT2D eigenvalue weighted by molar-refractivity contribution is 0.660. The molecule has 1 unspecified atom stereocenters. The molecule has 4 heteroatoms. The van der Waals surface area contributed by atoms with Crippen LogP contribution in [0.25, 0.3) is 0 Å². The van der Waals surface area contributed by atoms with Crippen molar-refractivity contribution < 1.29 is 0 Å². The first kappa shape index (κ1) is 16.3. The molecule has 2 aromatic rings. The molecule has 0 saturated carbocycles. The second-order valence-corrected chi connectivity index (χ2v) is 6.77. The highest BCUT2D eigenvalue weighted by Gasteiger charge is 2.10. The first-order chi connectivity index (χ1) is 10.1. The highest BCUT2D eigenvalue weighted by atomic mass is 35.5. The van der Waals surface area contributed by atoms with Gasteiger partial charge in [0.25, 0.3) is 0 Å². The lowest BCUT2D eigenvalue weighted by atomic mass is 10.00. The molecule has 0 aliphatic carbocycles. The van der Waals surface area contributed by atoms with Gasteiger partial charge in [-0.2, -0.15) is 0 Å². The van der Waals surface area contributed by atoms with E-state index in [0.717, 1.165) is 10.8 Å². The third kappa shape index (κ3) is 4.73. The van der Waals surface area contributed by atoms with Crippen molar-refractivity contribution >= 4 is 23.4 Å². The quantitative estimate of drug-likeness (QED) is 0.765. The van der Waals surface area contributed by atoms with Crippen molar-refractivity contribution in [2.45, 2.75) is 30.8 Å². The second kappa shape index (κ2) is 7.83. The van der Waals surface area contributed by atoms with Gasteiger partial charge in [-0.3, -0.25) is 0 Å². The van der Waals surface area contributed by atoms with Gasteiger partial charge in [0.15, 0.2) is 0 Å². The maximum absolute atomic E-state index is 5.85. The summed E-state index contributed by atoms with van der Waals surface area (Å²) in [5.41, 5.74) is 2.68. The Labute approximate surface area is 136 Å². The van der Waals surface area contributed by atoms with Crippen molar-refractivity contribution in [3.8, 4) is 0 Å². The number of thioether (sulfide) groups is 1. The van der Waals surface area contributed by atoms with Crippen LogP contribution in [0.15, 0.2) is 47.6 Å². The molecule has 1 atom stereocenters. The minimum Gasteiger partial charge on any atom is -0.312 e. The van der Waals surface area contributed by atoms with Crippen LogP contribution in [0.4, 0.5) is 0 Å². The Morgan fingerprint density at radius 3 is 2.29 bits per heavy atom. The first-order valence-corrected chi connectivity index (χ1v) is 8.48. The molecule has 0 saturated heterocycles. The Bertz CT molecular complexity index is 552. The van der Waals surface area contributed by atoms with Crippen LogP contribution in [-0.2, 0) is 0 Å². The van der Waals surface area contributed by atoms with Gasteiger partial charge in [-0.05, 0) is 36.2 Å². The molecule has 2 nitrogen and oxygen atoms in total. The molecule has 1 N–H and O–H groups in total. The Hall–Kier alpha value is -1.03. The summed E-state index contributed by atoms with van der Waals surface area (Å²) in [5.74, 6) is 1.51. The number of aromatic nitrogens is 1. The number of pyridine rings is 1. The molecule has 1 aromatic carbocycles. The van der Waals surface area contributed by atoms with Crippen LogP contribution < -0.4 is 5.32 Å². The van der Waals surface area contributed by atoms with E-state index in [-0.39, 0.29) is 0 Å². The van der Waals surface area contributed by atoms with Crippen molar-refractivity contribution in [1.82, 2.24) is 10.3 Å². The Balaban J connectivity index is 2.00. The van der Waals surface area contributed by atoms with Gasteiger partial charge < -0.3 is 5.32 Å². The number of halogens is 1. The molecule has 0 bridgehead atoms. The van der Waals surface area contributed by atoms with E-state index in [4.69, 9.17) is 11.6 Å². The molecule has 21 heavy (non-hydrogen) atoms. The van der Waals surface area contributed by atoms with E-state index in [2.05, 4.69) is 48.4 Å². The van der Waals surface area contributed by atoms with Gasteiger partial charge in [0.05, 0.1) is 10.0 Å².